The van der Waals surface area contributed by atoms with Crippen molar-refractivity contribution in [3.63, 3.8) is 0 Å². The van der Waals surface area contributed by atoms with Crippen molar-refractivity contribution in [3.8, 4) is 11.5 Å². The third-order valence-electron chi connectivity index (χ3n) is 4.26. The van der Waals surface area contributed by atoms with Gasteiger partial charge in [-0.15, -0.1) is 11.3 Å². The van der Waals surface area contributed by atoms with Gasteiger partial charge in [0, 0.05) is 24.8 Å². The molecule has 1 aliphatic heterocycles. The summed E-state index contributed by atoms with van der Waals surface area (Å²) in [6, 6.07) is 9.45. The number of carbonyl (C=O) groups excluding carboxylic acids is 2. The first-order valence-corrected chi connectivity index (χ1v) is 9.07. The standard InChI is InChI=1S/C19H21NO4S/c1-19(2,13-5-7-15-16(10-13)24-12-23-15)11-20-18(22)8-6-14(21)17-4-3-9-25-17/h3-5,7,9-10H,6,8,11-12H2,1-2H3,(H,20,22). The average Bonchev–Trinajstić information content (AvgIpc) is 3.28. The van der Waals surface area contributed by atoms with Crippen molar-refractivity contribution < 1.29 is 19.1 Å². The van der Waals surface area contributed by atoms with E-state index in [-0.39, 0.29) is 36.7 Å². The van der Waals surface area contributed by atoms with Crippen LogP contribution in [0.1, 0.15) is 41.9 Å². The number of ether oxygens (including phenoxy) is 2. The van der Waals surface area contributed by atoms with Crippen LogP contribution < -0.4 is 14.8 Å². The molecule has 0 spiro atoms. The highest BCUT2D eigenvalue weighted by Gasteiger charge is 2.24. The van der Waals surface area contributed by atoms with Crippen molar-refractivity contribution in [1.82, 2.24) is 5.32 Å². The fraction of sp³-hybridized carbons (Fsp3) is 0.368. The van der Waals surface area contributed by atoms with Crippen molar-refractivity contribution in [3.05, 3.63) is 46.2 Å². The molecule has 2 heterocycles. The van der Waals surface area contributed by atoms with Gasteiger partial charge in [0.2, 0.25) is 12.7 Å². The lowest BCUT2D eigenvalue weighted by Crippen LogP contribution is -2.36. The summed E-state index contributed by atoms with van der Waals surface area (Å²) < 4.78 is 10.7. The summed E-state index contributed by atoms with van der Waals surface area (Å²) in [5.74, 6) is 1.38. The Kier molecular flexibility index (Phi) is 5.08. The highest BCUT2D eigenvalue weighted by atomic mass is 32.1. The summed E-state index contributed by atoms with van der Waals surface area (Å²) in [5.41, 5.74) is 0.806. The smallest absolute Gasteiger partial charge is 0.231 e. The summed E-state index contributed by atoms with van der Waals surface area (Å²) in [6.45, 7) is 4.84. The van der Waals surface area contributed by atoms with Crippen LogP contribution >= 0.6 is 11.3 Å². The van der Waals surface area contributed by atoms with Crippen LogP contribution in [-0.2, 0) is 10.2 Å². The normalized spacial score (nSPS) is 12.9. The number of Topliss-reactive ketones (excluding diaryl/α,β-unsaturated/α-hetero) is 1. The quantitative estimate of drug-likeness (QED) is 0.768. The van der Waals surface area contributed by atoms with Gasteiger partial charge in [0.25, 0.3) is 0 Å². The molecule has 0 fully saturated rings. The molecule has 1 aromatic carbocycles. The maximum atomic E-state index is 12.1. The second kappa shape index (κ2) is 7.27. The molecule has 0 unspecified atom stereocenters. The molecule has 5 nitrogen and oxygen atoms in total. The molecule has 6 heteroatoms. The number of nitrogens with one attached hydrogen (secondary N) is 1. The molecule has 1 N–H and O–H groups in total. The van der Waals surface area contributed by atoms with Crippen molar-refractivity contribution in [2.75, 3.05) is 13.3 Å². The molecule has 0 saturated carbocycles. The molecule has 0 saturated heterocycles. The summed E-state index contributed by atoms with van der Waals surface area (Å²) in [5, 5.41) is 4.79. The van der Waals surface area contributed by atoms with Crippen LogP contribution in [-0.4, -0.2) is 25.0 Å². The summed E-state index contributed by atoms with van der Waals surface area (Å²) in [6.07, 6.45) is 0.435. The molecule has 132 valence electrons. The number of carbonyl (C=O) groups is 2. The fourth-order valence-electron chi connectivity index (χ4n) is 2.61. The van der Waals surface area contributed by atoms with Crippen molar-refractivity contribution >= 4 is 23.0 Å². The maximum absolute atomic E-state index is 12.1. The minimum absolute atomic E-state index is 0.0141. The molecule has 1 aliphatic rings. The van der Waals surface area contributed by atoms with Gasteiger partial charge in [-0.3, -0.25) is 9.59 Å². The Morgan fingerprint density at radius 2 is 1.96 bits per heavy atom. The van der Waals surface area contributed by atoms with Gasteiger partial charge in [-0.05, 0) is 29.1 Å². The van der Waals surface area contributed by atoms with E-state index in [1.807, 2.05) is 29.6 Å². The van der Waals surface area contributed by atoms with Gasteiger partial charge >= 0.3 is 0 Å². The molecular weight excluding hydrogens is 338 g/mol. The predicted octanol–water partition coefficient (Wildman–Crippen LogP) is 3.53. The number of thiophene rings is 1. The lowest BCUT2D eigenvalue weighted by atomic mass is 9.84. The van der Waals surface area contributed by atoms with Gasteiger partial charge in [-0.2, -0.15) is 0 Å². The summed E-state index contributed by atoms with van der Waals surface area (Å²) in [4.78, 5) is 24.7. The van der Waals surface area contributed by atoms with Crippen LogP contribution in [0.15, 0.2) is 35.7 Å². The minimum Gasteiger partial charge on any atom is -0.454 e. The average molecular weight is 359 g/mol. The summed E-state index contributed by atoms with van der Waals surface area (Å²) in [7, 11) is 0. The second-order valence-electron chi connectivity index (χ2n) is 6.63. The molecule has 25 heavy (non-hydrogen) atoms. The first-order valence-electron chi connectivity index (χ1n) is 8.19. The van der Waals surface area contributed by atoms with Crippen LogP contribution in [0.2, 0.25) is 0 Å². The van der Waals surface area contributed by atoms with Crippen LogP contribution in [0.3, 0.4) is 0 Å². The SMILES string of the molecule is CC(C)(CNC(=O)CCC(=O)c1cccs1)c1ccc2c(c1)OCO2. The lowest BCUT2D eigenvalue weighted by molar-refractivity contribution is -0.121. The highest BCUT2D eigenvalue weighted by molar-refractivity contribution is 7.12. The molecule has 1 aromatic heterocycles. The second-order valence-corrected chi connectivity index (χ2v) is 7.58. The van der Waals surface area contributed by atoms with Gasteiger partial charge in [-0.25, -0.2) is 0 Å². The van der Waals surface area contributed by atoms with Crippen molar-refractivity contribution in [1.29, 1.82) is 0 Å². The zero-order valence-corrected chi connectivity index (χ0v) is 15.2. The summed E-state index contributed by atoms with van der Waals surface area (Å²) >= 11 is 1.40. The Bertz CT molecular complexity index is 768. The molecule has 0 radical (unpaired) electrons. The molecule has 0 bridgehead atoms. The largest absolute Gasteiger partial charge is 0.454 e. The van der Waals surface area contributed by atoms with Crippen LogP contribution in [0, 0.1) is 0 Å². The van der Waals surface area contributed by atoms with Gasteiger partial charge < -0.3 is 14.8 Å². The molecule has 0 aliphatic carbocycles. The topological polar surface area (TPSA) is 64.6 Å². The monoisotopic (exact) mass is 359 g/mol. The number of ketones is 1. The number of fused-ring (bicyclic) bond motifs is 1. The maximum Gasteiger partial charge on any atom is 0.231 e. The Labute approximate surface area is 151 Å². The Morgan fingerprint density at radius 3 is 2.72 bits per heavy atom. The predicted molar refractivity (Wildman–Crippen MR) is 96.5 cm³/mol. The van der Waals surface area contributed by atoms with Crippen LogP contribution in [0.4, 0.5) is 0 Å². The van der Waals surface area contributed by atoms with Crippen molar-refractivity contribution in [2.24, 2.45) is 0 Å². The van der Waals surface area contributed by atoms with Gasteiger partial charge in [0.15, 0.2) is 17.3 Å². The van der Waals surface area contributed by atoms with E-state index >= 15 is 0 Å². The van der Waals surface area contributed by atoms with Crippen molar-refractivity contribution in [2.45, 2.75) is 32.1 Å². The van der Waals surface area contributed by atoms with E-state index in [1.165, 1.54) is 11.3 Å². The Hall–Kier alpha value is -2.34. The van der Waals surface area contributed by atoms with E-state index in [4.69, 9.17) is 9.47 Å². The van der Waals surface area contributed by atoms with Crippen LogP contribution in [0.5, 0.6) is 11.5 Å². The Balaban J connectivity index is 1.51. The molecule has 3 rings (SSSR count). The minimum atomic E-state index is -0.256. The first-order chi connectivity index (χ1) is 12.0. The molecule has 2 aromatic rings. The Morgan fingerprint density at radius 1 is 1.16 bits per heavy atom. The molecule has 1 amide bonds. The van der Waals surface area contributed by atoms with Crippen LogP contribution in [0.25, 0.3) is 0 Å². The number of rotatable bonds is 7. The zero-order valence-electron chi connectivity index (χ0n) is 14.3. The van der Waals surface area contributed by atoms with E-state index < -0.39 is 0 Å². The molecule has 0 atom stereocenters. The number of hydrogen-bond donors (Lipinski definition) is 1. The van der Waals surface area contributed by atoms with E-state index in [0.717, 1.165) is 17.1 Å². The van der Waals surface area contributed by atoms with Gasteiger partial charge in [-0.1, -0.05) is 26.0 Å². The van der Waals surface area contributed by atoms with E-state index in [0.29, 0.717) is 11.4 Å². The molecular formula is C19H21NO4S. The number of benzene rings is 1. The zero-order chi connectivity index (χ0) is 17.9. The number of hydrogen-bond acceptors (Lipinski definition) is 5. The third-order valence-corrected chi connectivity index (χ3v) is 5.17. The van der Waals surface area contributed by atoms with Gasteiger partial charge in [0.1, 0.15) is 0 Å². The first kappa shape index (κ1) is 17.5. The number of amides is 1. The third kappa shape index (κ3) is 4.20. The van der Waals surface area contributed by atoms with E-state index in [9.17, 15) is 9.59 Å². The van der Waals surface area contributed by atoms with E-state index in [2.05, 4.69) is 19.2 Å². The lowest BCUT2D eigenvalue weighted by Gasteiger charge is -2.26. The van der Waals surface area contributed by atoms with Gasteiger partial charge in [0.05, 0.1) is 4.88 Å². The fourth-order valence-corrected chi connectivity index (χ4v) is 3.31. The van der Waals surface area contributed by atoms with E-state index in [1.54, 1.807) is 6.07 Å². The highest BCUT2D eigenvalue weighted by Crippen LogP contribution is 2.36.